The molecule has 1 N–H and O–H groups in total. The first-order chi connectivity index (χ1) is 6.19. The molecular formula is C10H14BrNO. The van der Waals surface area contributed by atoms with Gasteiger partial charge in [0.15, 0.2) is 0 Å². The lowest BCUT2D eigenvalue weighted by Gasteiger charge is -2.17. The van der Waals surface area contributed by atoms with Gasteiger partial charge in [-0.05, 0) is 24.6 Å². The lowest BCUT2D eigenvalue weighted by molar-refractivity contribution is 0.281. The van der Waals surface area contributed by atoms with Crippen LogP contribution in [0.1, 0.15) is 12.5 Å². The Kier molecular flexibility index (Phi) is 3.75. The lowest BCUT2D eigenvalue weighted by Crippen LogP contribution is -2.15. The summed E-state index contributed by atoms with van der Waals surface area (Å²) in [7, 11) is 2.04. The van der Waals surface area contributed by atoms with Crippen LogP contribution in [-0.2, 0) is 6.61 Å². The molecule has 1 aromatic rings. The molecule has 1 aromatic carbocycles. The maximum Gasteiger partial charge on any atom is 0.0692 e. The molecule has 0 amide bonds. The van der Waals surface area contributed by atoms with Gasteiger partial charge in [0.05, 0.1) is 6.61 Å². The third-order valence-electron chi connectivity index (χ3n) is 2.12. The molecule has 13 heavy (non-hydrogen) atoms. The number of nitrogens with zero attached hydrogens (tertiary/aromatic N) is 1. The maximum atomic E-state index is 8.96. The highest BCUT2D eigenvalue weighted by Crippen LogP contribution is 2.23. The van der Waals surface area contributed by atoms with E-state index in [4.69, 9.17) is 5.11 Å². The second-order valence-electron chi connectivity index (χ2n) is 2.95. The average molecular weight is 244 g/mol. The first kappa shape index (κ1) is 10.5. The predicted octanol–water partition coefficient (Wildman–Crippen LogP) is 2.40. The molecule has 1 rings (SSSR count). The molecule has 0 radical (unpaired) electrons. The van der Waals surface area contributed by atoms with Gasteiger partial charge in [-0.2, -0.15) is 0 Å². The summed E-state index contributed by atoms with van der Waals surface area (Å²) in [6.45, 7) is 3.16. The van der Waals surface area contributed by atoms with Gasteiger partial charge in [0, 0.05) is 23.8 Å². The van der Waals surface area contributed by atoms with E-state index in [1.54, 1.807) is 0 Å². The predicted molar refractivity (Wildman–Crippen MR) is 59.0 cm³/mol. The number of rotatable bonds is 3. The van der Waals surface area contributed by atoms with E-state index in [0.717, 1.165) is 22.3 Å². The van der Waals surface area contributed by atoms with E-state index in [1.807, 2.05) is 25.2 Å². The van der Waals surface area contributed by atoms with Crippen molar-refractivity contribution in [3.8, 4) is 0 Å². The Morgan fingerprint density at radius 1 is 1.46 bits per heavy atom. The Morgan fingerprint density at radius 3 is 2.62 bits per heavy atom. The Labute approximate surface area is 87.3 Å². The lowest BCUT2D eigenvalue weighted by atomic mass is 10.2. The monoisotopic (exact) mass is 243 g/mol. The highest BCUT2D eigenvalue weighted by atomic mass is 79.9. The molecule has 0 heterocycles. The van der Waals surface area contributed by atoms with Crippen molar-refractivity contribution in [3.05, 3.63) is 28.2 Å². The van der Waals surface area contributed by atoms with Crippen molar-refractivity contribution in [3.63, 3.8) is 0 Å². The molecule has 0 saturated heterocycles. The van der Waals surface area contributed by atoms with E-state index in [2.05, 4.69) is 27.8 Å². The largest absolute Gasteiger partial charge is 0.392 e. The topological polar surface area (TPSA) is 23.5 Å². The molecule has 0 atom stereocenters. The highest BCUT2D eigenvalue weighted by molar-refractivity contribution is 9.10. The van der Waals surface area contributed by atoms with Gasteiger partial charge in [-0.15, -0.1) is 0 Å². The minimum Gasteiger partial charge on any atom is -0.392 e. The number of anilines is 1. The molecule has 0 spiro atoms. The number of hydrogen-bond acceptors (Lipinski definition) is 2. The number of aliphatic hydroxyl groups is 1. The van der Waals surface area contributed by atoms with E-state index >= 15 is 0 Å². The van der Waals surface area contributed by atoms with Crippen LogP contribution in [0.15, 0.2) is 22.7 Å². The van der Waals surface area contributed by atoms with Gasteiger partial charge in [-0.25, -0.2) is 0 Å². The van der Waals surface area contributed by atoms with Crippen molar-refractivity contribution in [2.75, 3.05) is 18.5 Å². The minimum atomic E-state index is 0.0801. The van der Waals surface area contributed by atoms with Gasteiger partial charge >= 0.3 is 0 Å². The van der Waals surface area contributed by atoms with Crippen LogP contribution in [-0.4, -0.2) is 18.7 Å². The van der Waals surface area contributed by atoms with Crippen molar-refractivity contribution in [1.29, 1.82) is 0 Å². The van der Waals surface area contributed by atoms with Gasteiger partial charge < -0.3 is 10.0 Å². The third-order valence-corrected chi connectivity index (χ3v) is 2.86. The van der Waals surface area contributed by atoms with Gasteiger partial charge in [-0.1, -0.05) is 22.0 Å². The van der Waals surface area contributed by atoms with Crippen LogP contribution in [0.25, 0.3) is 0 Å². The molecule has 3 heteroatoms. The standard InChI is InChI=1S/C10H14BrNO/c1-3-12(2)9-5-4-8(7-13)10(11)6-9/h4-6,13H,3,7H2,1-2H3. The van der Waals surface area contributed by atoms with Gasteiger partial charge in [0.25, 0.3) is 0 Å². The van der Waals surface area contributed by atoms with Gasteiger partial charge in [0.2, 0.25) is 0 Å². The van der Waals surface area contributed by atoms with Crippen LogP contribution in [0.4, 0.5) is 5.69 Å². The fraction of sp³-hybridized carbons (Fsp3) is 0.400. The molecular weight excluding hydrogens is 230 g/mol. The molecule has 0 fully saturated rings. The number of aliphatic hydroxyl groups excluding tert-OH is 1. The second-order valence-corrected chi connectivity index (χ2v) is 3.80. The van der Waals surface area contributed by atoms with Crippen molar-refractivity contribution in [2.24, 2.45) is 0 Å². The van der Waals surface area contributed by atoms with Crippen LogP contribution < -0.4 is 4.90 Å². The Balaban J connectivity index is 2.95. The van der Waals surface area contributed by atoms with Crippen molar-refractivity contribution >= 4 is 21.6 Å². The molecule has 0 aliphatic carbocycles. The molecule has 0 unspecified atom stereocenters. The van der Waals surface area contributed by atoms with E-state index in [-0.39, 0.29) is 6.61 Å². The third kappa shape index (κ3) is 2.45. The van der Waals surface area contributed by atoms with E-state index in [9.17, 15) is 0 Å². The summed E-state index contributed by atoms with van der Waals surface area (Å²) < 4.78 is 0.966. The summed E-state index contributed by atoms with van der Waals surface area (Å²) in [5.41, 5.74) is 2.08. The van der Waals surface area contributed by atoms with Crippen molar-refractivity contribution in [2.45, 2.75) is 13.5 Å². The summed E-state index contributed by atoms with van der Waals surface area (Å²) in [5.74, 6) is 0. The second kappa shape index (κ2) is 4.63. The molecule has 0 aliphatic rings. The molecule has 0 aromatic heterocycles. The number of halogens is 1. The number of benzene rings is 1. The van der Waals surface area contributed by atoms with Gasteiger partial charge in [0.1, 0.15) is 0 Å². The van der Waals surface area contributed by atoms with Crippen LogP contribution in [0.3, 0.4) is 0 Å². The fourth-order valence-electron chi connectivity index (χ4n) is 1.08. The first-order valence-electron chi connectivity index (χ1n) is 4.29. The molecule has 72 valence electrons. The van der Waals surface area contributed by atoms with Crippen LogP contribution >= 0.6 is 15.9 Å². The molecule has 0 saturated carbocycles. The zero-order valence-electron chi connectivity index (χ0n) is 7.92. The van der Waals surface area contributed by atoms with Crippen molar-refractivity contribution < 1.29 is 5.11 Å². The Hall–Kier alpha value is -0.540. The number of hydrogen-bond donors (Lipinski definition) is 1. The summed E-state index contributed by atoms with van der Waals surface area (Å²) in [4.78, 5) is 2.14. The summed E-state index contributed by atoms with van der Waals surface area (Å²) in [5, 5.41) is 8.96. The zero-order valence-corrected chi connectivity index (χ0v) is 9.50. The average Bonchev–Trinajstić information content (AvgIpc) is 2.16. The Bertz CT molecular complexity index is 288. The summed E-state index contributed by atoms with van der Waals surface area (Å²) >= 11 is 3.42. The van der Waals surface area contributed by atoms with Crippen LogP contribution in [0.2, 0.25) is 0 Å². The van der Waals surface area contributed by atoms with E-state index in [0.29, 0.717) is 0 Å². The van der Waals surface area contributed by atoms with Crippen molar-refractivity contribution in [1.82, 2.24) is 0 Å². The molecule has 0 bridgehead atoms. The quantitative estimate of drug-likeness (QED) is 0.882. The smallest absolute Gasteiger partial charge is 0.0692 e. The maximum absolute atomic E-state index is 8.96. The Morgan fingerprint density at radius 2 is 2.15 bits per heavy atom. The molecule has 2 nitrogen and oxygen atoms in total. The first-order valence-corrected chi connectivity index (χ1v) is 5.08. The summed E-state index contributed by atoms with van der Waals surface area (Å²) in [6, 6.07) is 5.97. The zero-order chi connectivity index (χ0) is 9.84. The fourth-order valence-corrected chi connectivity index (χ4v) is 1.58. The van der Waals surface area contributed by atoms with E-state index in [1.165, 1.54) is 0 Å². The SMILES string of the molecule is CCN(C)c1ccc(CO)c(Br)c1. The van der Waals surface area contributed by atoms with E-state index < -0.39 is 0 Å². The van der Waals surface area contributed by atoms with Crippen LogP contribution in [0, 0.1) is 0 Å². The molecule has 0 aliphatic heterocycles. The van der Waals surface area contributed by atoms with Crippen LogP contribution in [0.5, 0.6) is 0 Å². The minimum absolute atomic E-state index is 0.0801. The normalized spacial score (nSPS) is 10.2. The summed E-state index contributed by atoms with van der Waals surface area (Å²) in [6.07, 6.45) is 0. The highest BCUT2D eigenvalue weighted by Gasteiger charge is 2.02. The van der Waals surface area contributed by atoms with Gasteiger partial charge in [-0.3, -0.25) is 0 Å².